The zero-order valence-corrected chi connectivity index (χ0v) is 16.0. The summed E-state index contributed by atoms with van der Waals surface area (Å²) in [5.41, 5.74) is 1.81. The summed E-state index contributed by atoms with van der Waals surface area (Å²) in [6.45, 7) is 4.09. The number of anilines is 1. The van der Waals surface area contributed by atoms with Crippen LogP contribution in [0.4, 0.5) is 5.69 Å². The standard InChI is InChI=1S/C19H20N2O5S/c1-10(2)26-16-6-12-14(7-15(16)24-3)25-8-13-17(19(22)23)20-18(21(12)13)11-4-5-27-9-11/h4-7,9-10,13,18H,8H2,1-3H3,(H,22,23). The number of aliphatic carboxylic acids is 1. The summed E-state index contributed by atoms with van der Waals surface area (Å²) in [6.07, 6.45) is -0.440. The van der Waals surface area contributed by atoms with Crippen molar-refractivity contribution in [3.63, 3.8) is 0 Å². The lowest BCUT2D eigenvalue weighted by molar-refractivity contribution is -0.129. The molecule has 7 nitrogen and oxygen atoms in total. The Balaban J connectivity index is 1.83. The Morgan fingerprint density at radius 2 is 2.22 bits per heavy atom. The van der Waals surface area contributed by atoms with E-state index in [1.165, 1.54) is 0 Å². The van der Waals surface area contributed by atoms with E-state index >= 15 is 0 Å². The van der Waals surface area contributed by atoms with Crippen LogP contribution in [0.1, 0.15) is 25.6 Å². The molecule has 0 spiro atoms. The number of fused-ring (bicyclic) bond motifs is 3. The predicted molar refractivity (Wildman–Crippen MR) is 103 cm³/mol. The fraction of sp³-hybridized carbons (Fsp3) is 0.368. The summed E-state index contributed by atoms with van der Waals surface area (Å²) < 4.78 is 17.2. The van der Waals surface area contributed by atoms with E-state index in [4.69, 9.17) is 14.2 Å². The van der Waals surface area contributed by atoms with E-state index in [-0.39, 0.29) is 18.4 Å². The Hall–Kier alpha value is -2.74. The minimum atomic E-state index is -1.03. The Kier molecular flexibility index (Phi) is 4.43. The molecule has 1 aromatic heterocycles. The SMILES string of the molecule is COc1cc2c(cc1OC(C)C)N1C(CO2)C(C(=O)O)=NC1c1ccsc1. The summed E-state index contributed by atoms with van der Waals surface area (Å²) in [5, 5.41) is 13.6. The smallest absolute Gasteiger partial charge is 0.352 e. The summed E-state index contributed by atoms with van der Waals surface area (Å²) in [4.78, 5) is 18.2. The van der Waals surface area contributed by atoms with Crippen LogP contribution in [0.15, 0.2) is 34.0 Å². The highest BCUT2D eigenvalue weighted by atomic mass is 32.1. The van der Waals surface area contributed by atoms with Gasteiger partial charge in [0.05, 0.1) is 18.9 Å². The molecule has 2 aliphatic rings. The van der Waals surface area contributed by atoms with Gasteiger partial charge in [0.1, 0.15) is 30.3 Å². The Bertz CT molecular complexity index is 894. The highest BCUT2D eigenvalue weighted by Crippen LogP contribution is 2.48. The molecule has 0 radical (unpaired) electrons. The summed E-state index contributed by atoms with van der Waals surface area (Å²) in [5.74, 6) is 0.762. The van der Waals surface area contributed by atoms with Crippen molar-refractivity contribution < 1.29 is 24.1 Å². The number of ether oxygens (including phenoxy) is 3. The zero-order valence-electron chi connectivity index (χ0n) is 15.2. The first-order chi connectivity index (χ1) is 13.0. The normalized spacial score (nSPS) is 20.6. The fourth-order valence-electron chi connectivity index (χ4n) is 3.42. The van der Waals surface area contributed by atoms with E-state index in [0.29, 0.717) is 17.2 Å². The van der Waals surface area contributed by atoms with Crippen molar-refractivity contribution in [2.75, 3.05) is 18.6 Å². The fourth-order valence-corrected chi connectivity index (χ4v) is 4.09. The monoisotopic (exact) mass is 388 g/mol. The van der Waals surface area contributed by atoms with Gasteiger partial charge in [-0.1, -0.05) is 0 Å². The molecule has 0 amide bonds. The minimum Gasteiger partial charge on any atom is -0.493 e. The molecule has 0 aliphatic carbocycles. The van der Waals surface area contributed by atoms with Gasteiger partial charge >= 0.3 is 5.97 Å². The number of hydrogen-bond acceptors (Lipinski definition) is 7. The second-order valence-electron chi connectivity index (χ2n) is 6.62. The second-order valence-corrected chi connectivity index (χ2v) is 7.40. The largest absolute Gasteiger partial charge is 0.493 e. The summed E-state index contributed by atoms with van der Waals surface area (Å²) in [6, 6.07) is 5.14. The van der Waals surface area contributed by atoms with Crippen LogP contribution in [0.5, 0.6) is 17.2 Å². The molecule has 4 rings (SSSR count). The van der Waals surface area contributed by atoms with Gasteiger partial charge in [-0.25, -0.2) is 4.79 Å². The van der Waals surface area contributed by atoms with Crippen molar-refractivity contribution in [2.45, 2.75) is 32.2 Å². The molecule has 1 aromatic carbocycles. The van der Waals surface area contributed by atoms with Crippen LogP contribution in [0, 0.1) is 0 Å². The third-order valence-corrected chi connectivity index (χ3v) is 5.22. The molecule has 0 bridgehead atoms. The number of aliphatic imine (C=N–C) groups is 1. The number of benzene rings is 1. The van der Waals surface area contributed by atoms with E-state index in [1.54, 1.807) is 24.5 Å². The predicted octanol–water partition coefficient (Wildman–Crippen LogP) is 3.35. The Morgan fingerprint density at radius 3 is 2.85 bits per heavy atom. The van der Waals surface area contributed by atoms with Crippen LogP contribution < -0.4 is 19.1 Å². The van der Waals surface area contributed by atoms with E-state index in [1.807, 2.05) is 41.6 Å². The van der Waals surface area contributed by atoms with Gasteiger partial charge < -0.3 is 24.2 Å². The quantitative estimate of drug-likeness (QED) is 0.846. The number of nitrogens with zero attached hydrogens (tertiary/aromatic N) is 2. The number of methoxy groups -OCH3 is 1. The molecule has 2 aliphatic heterocycles. The van der Waals surface area contributed by atoms with Gasteiger partial charge in [-0.2, -0.15) is 11.3 Å². The maximum atomic E-state index is 11.7. The highest BCUT2D eigenvalue weighted by Gasteiger charge is 2.45. The molecular formula is C19H20N2O5S. The number of rotatable bonds is 5. The lowest BCUT2D eigenvalue weighted by Crippen LogP contribution is -2.46. The molecule has 0 fully saturated rings. The number of thiophene rings is 1. The molecule has 2 unspecified atom stereocenters. The number of carboxylic acid groups (broad SMARTS) is 1. The lowest BCUT2D eigenvalue weighted by Gasteiger charge is -2.37. The van der Waals surface area contributed by atoms with Gasteiger partial charge in [-0.3, -0.25) is 4.99 Å². The molecule has 142 valence electrons. The second kappa shape index (κ2) is 6.77. The third kappa shape index (κ3) is 2.99. The van der Waals surface area contributed by atoms with Crippen molar-refractivity contribution in [1.82, 2.24) is 0 Å². The van der Waals surface area contributed by atoms with Gasteiger partial charge in [0.15, 0.2) is 11.5 Å². The first kappa shape index (κ1) is 17.7. The van der Waals surface area contributed by atoms with Gasteiger partial charge in [0.2, 0.25) is 0 Å². The maximum Gasteiger partial charge on any atom is 0.352 e. The number of carbonyl (C=O) groups is 1. The van der Waals surface area contributed by atoms with Gasteiger partial charge in [0, 0.05) is 17.7 Å². The van der Waals surface area contributed by atoms with Gasteiger partial charge in [0.25, 0.3) is 0 Å². The molecule has 8 heteroatoms. The van der Waals surface area contributed by atoms with Crippen molar-refractivity contribution >= 4 is 28.7 Å². The first-order valence-electron chi connectivity index (χ1n) is 8.62. The van der Waals surface area contributed by atoms with Crippen LogP contribution >= 0.6 is 11.3 Å². The molecule has 0 saturated heterocycles. The Morgan fingerprint density at radius 1 is 1.41 bits per heavy atom. The Labute approximate surface area is 160 Å². The average molecular weight is 388 g/mol. The summed E-state index contributed by atoms with van der Waals surface area (Å²) in [7, 11) is 1.58. The minimum absolute atomic E-state index is 0.0330. The average Bonchev–Trinajstić information content (AvgIpc) is 3.28. The molecular weight excluding hydrogens is 368 g/mol. The van der Waals surface area contributed by atoms with Crippen LogP contribution in [-0.4, -0.2) is 42.7 Å². The van der Waals surface area contributed by atoms with Gasteiger partial charge in [-0.15, -0.1) is 0 Å². The zero-order chi connectivity index (χ0) is 19.1. The molecule has 1 N–H and O–H groups in total. The topological polar surface area (TPSA) is 80.6 Å². The van der Waals surface area contributed by atoms with Crippen molar-refractivity contribution in [3.05, 3.63) is 34.5 Å². The van der Waals surface area contributed by atoms with Crippen molar-refractivity contribution in [3.8, 4) is 17.2 Å². The maximum absolute atomic E-state index is 11.7. The van der Waals surface area contributed by atoms with Crippen LogP contribution in [0.25, 0.3) is 0 Å². The van der Waals surface area contributed by atoms with Crippen LogP contribution in [0.2, 0.25) is 0 Å². The molecule has 27 heavy (non-hydrogen) atoms. The highest BCUT2D eigenvalue weighted by molar-refractivity contribution is 7.08. The van der Waals surface area contributed by atoms with E-state index in [2.05, 4.69) is 4.99 Å². The van der Waals surface area contributed by atoms with E-state index in [9.17, 15) is 9.90 Å². The van der Waals surface area contributed by atoms with Crippen LogP contribution in [0.3, 0.4) is 0 Å². The van der Waals surface area contributed by atoms with Gasteiger partial charge in [-0.05, 0) is 30.7 Å². The van der Waals surface area contributed by atoms with Crippen LogP contribution in [-0.2, 0) is 4.79 Å². The van der Waals surface area contributed by atoms with Crippen molar-refractivity contribution in [2.24, 2.45) is 4.99 Å². The molecule has 2 atom stereocenters. The number of carboxylic acids is 1. The lowest BCUT2D eigenvalue weighted by atomic mass is 10.1. The number of hydrogen-bond donors (Lipinski definition) is 1. The summed E-state index contributed by atoms with van der Waals surface area (Å²) >= 11 is 1.56. The molecule has 3 heterocycles. The van der Waals surface area contributed by atoms with E-state index in [0.717, 1.165) is 11.3 Å². The van der Waals surface area contributed by atoms with E-state index < -0.39 is 18.2 Å². The molecule has 2 aromatic rings. The third-order valence-electron chi connectivity index (χ3n) is 4.52. The van der Waals surface area contributed by atoms with Crippen molar-refractivity contribution in [1.29, 1.82) is 0 Å². The first-order valence-corrected chi connectivity index (χ1v) is 9.56. The molecule has 0 saturated carbocycles.